The maximum Gasteiger partial charge on any atom is 0.371 e. The lowest BCUT2D eigenvalue weighted by atomic mass is 10.1. The van der Waals surface area contributed by atoms with Gasteiger partial charge in [0.1, 0.15) is 11.6 Å². The highest BCUT2D eigenvalue weighted by Gasteiger charge is 2.13. The third-order valence-electron chi connectivity index (χ3n) is 2.01. The summed E-state index contributed by atoms with van der Waals surface area (Å²) < 4.78 is 18.4. The topological polar surface area (TPSA) is 50.4 Å². The van der Waals surface area contributed by atoms with Crippen LogP contribution >= 0.6 is 11.6 Å². The number of hydrogen-bond donors (Lipinski definition) is 1. The minimum absolute atomic E-state index is 0.136. The Bertz CT molecular complexity index is 548. The Morgan fingerprint density at radius 1 is 1.31 bits per heavy atom. The van der Waals surface area contributed by atoms with E-state index in [2.05, 4.69) is 0 Å². The molecule has 1 N–H and O–H groups in total. The summed E-state index contributed by atoms with van der Waals surface area (Å²) in [5.41, 5.74) is 0.139. The summed E-state index contributed by atoms with van der Waals surface area (Å²) in [5, 5.41) is 9.01. The minimum atomic E-state index is -1.20. The smallest absolute Gasteiger partial charge is 0.371 e. The number of halogens is 2. The maximum absolute atomic E-state index is 13.4. The molecule has 2 aromatic rings. The van der Waals surface area contributed by atoms with E-state index in [4.69, 9.17) is 21.1 Å². The van der Waals surface area contributed by atoms with Gasteiger partial charge in [0, 0.05) is 5.02 Å². The van der Waals surface area contributed by atoms with Crippen molar-refractivity contribution in [3.05, 3.63) is 46.9 Å². The van der Waals surface area contributed by atoms with Crippen molar-refractivity contribution in [3.8, 4) is 11.3 Å². The van der Waals surface area contributed by atoms with E-state index in [0.29, 0.717) is 5.02 Å². The monoisotopic (exact) mass is 240 g/mol. The molecule has 82 valence electrons. The first-order valence-electron chi connectivity index (χ1n) is 4.36. The van der Waals surface area contributed by atoms with E-state index >= 15 is 0 Å². The summed E-state index contributed by atoms with van der Waals surface area (Å²) in [6.45, 7) is 0. The SMILES string of the molecule is O=C(O)c1ccc(-c2cc(Cl)ccc2F)o1. The zero-order valence-corrected chi connectivity index (χ0v) is 8.66. The fourth-order valence-electron chi connectivity index (χ4n) is 1.28. The third-order valence-corrected chi connectivity index (χ3v) is 2.25. The number of carbonyl (C=O) groups is 1. The molecule has 0 fully saturated rings. The molecule has 3 nitrogen and oxygen atoms in total. The van der Waals surface area contributed by atoms with Crippen molar-refractivity contribution in [1.82, 2.24) is 0 Å². The number of aromatic carboxylic acids is 1. The quantitative estimate of drug-likeness (QED) is 0.875. The molecule has 0 saturated heterocycles. The standard InChI is InChI=1S/C11H6ClFO3/c12-6-1-2-8(13)7(5-6)9-3-4-10(16-9)11(14)15/h1-5H,(H,14,15). The highest BCUT2D eigenvalue weighted by atomic mass is 35.5. The summed E-state index contributed by atoms with van der Waals surface area (Å²) in [5.74, 6) is -1.82. The molecule has 16 heavy (non-hydrogen) atoms. The van der Waals surface area contributed by atoms with Crippen molar-refractivity contribution in [2.75, 3.05) is 0 Å². The van der Waals surface area contributed by atoms with Crippen LogP contribution in [0.5, 0.6) is 0 Å². The van der Waals surface area contributed by atoms with Gasteiger partial charge in [0.05, 0.1) is 5.56 Å². The van der Waals surface area contributed by atoms with Crippen LogP contribution in [0.25, 0.3) is 11.3 Å². The van der Waals surface area contributed by atoms with E-state index in [9.17, 15) is 9.18 Å². The Balaban J connectivity index is 2.50. The van der Waals surface area contributed by atoms with Crippen LogP contribution in [-0.4, -0.2) is 11.1 Å². The zero-order chi connectivity index (χ0) is 11.7. The molecular weight excluding hydrogens is 235 g/mol. The zero-order valence-electron chi connectivity index (χ0n) is 7.91. The average Bonchev–Trinajstić information content (AvgIpc) is 2.70. The molecule has 0 saturated carbocycles. The van der Waals surface area contributed by atoms with E-state index in [1.54, 1.807) is 0 Å². The predicted octanol–water partition coefficient (Wildman–Crippen LogP) is 3.44. The molecule has 0 radical (unpaired) electrons. The maximum atomic E-state index is 13.4. The minimum Gasteiger partial charge on any atom is -0.475 e. The third kappa shape index (κ3) is 1.92. The highest BCUT2D eigenvalue weighted by molar-refractivity contribution is 6.30. The molecule has 0 unspecified atom stereocenters. The molecule has 1 aromatic carbocycles. The number of furan rings is 1. The molecule has 0 spiro atoms. The lowest BCUT2D eigenvalue weighted by Crippen LogP contribution is -1.91. The van der Waals surface area contributed by atoms with Gasteiger partial charge in [-0.05, 0) is 30.3 Å². The molecule has 0 bridgehead atoms. The molecule has 0 amide bonds. The van der Waals surface area contributed by atoms with E-state index in [1.807, 2.05) is 0 Å². The number of benzene rings is 1. The number of hydrogen-bond acceptors (Lipinski definition) is 2. The number of carboxylic acids is 1. The van der Waals surface area contributed by atoms with Gasteiger partial charge in [-0.1, -0.05) is 11.6 Å². The predicted molar refractivity (Wildman–Crippen MR) is 56.1 cm³/mol. The first-order valence-corrected chi connectivity index (χ1v) is 4.74. The van der Waals surface area contributed by atoms with Crippen LogP contribution < -0.4 is 0 Å². The first kappa shape index (κ1) is 10.7. The summed E-state index contributed by atoms with van der Waals surface area (Å²) in [4.78, 5) is 10.6. The lowest BCUT2D eigenvalue weighted by Gasteiger charge is -1.99. The van der Waals surface area contributed by atoms with Gasteiger partial charge in [-0.15, -0.1) is 0 Å². The van der Waals surface area contributed by atoms with Crippen molar-refractivity contribution in [3.63, 3.8) is 0 Å². The highest BCUT2D eigenvalue weighted by Crippen LogP contribution is 2.27. The molecule has 1 aromatic heterocycles. The van der Waals surface area contributed by atoms with Gasteiger partial charge in [-0.3, -0.25) is 0 Å². The Labute approximate surface area is 95.1 Å². The number of carboxylic acid groups (broad SMARTS) is 1. The second-order valence-corrected chi connectivity index (χ2v) is 3.53. The second-order valence-electron chi connectivity index (χ2n) is 3.09. The fourth-order valence-corrected chi connectivity index (χ4v) is 1.46. The van der Waals surface area contributed by atoms with Crippen molar-refractivity contribution in [1.29, 1.82) is 0 Å². The van der Waals surface area contributed by atoms with Gasteiger partial charge >= 0.3 is 5.97 Å². The Hall–Kier alpha value is -1.81. The van der Waals surface area contributed by atoms with E-state index < -0.39 is 11.8 Å². The Morgan fingerprint density at radius 3 is 2.69 bits per heavy atom. The molecule has 2 rings (SSSR count). The van der Waals surface area contributed by atoms with E-state index in [1.165, 1.54) is 30.3 Å². The summed E-state index contributed by atoms with van der Waals surface area (Å²) >= 11 is 5.71. The second kappa shape index (κ2) is 3.98. The van der Waals surface area contributed by atoms with E-state index in [-0.39, 0.29) is 17.1 Å². The average molecular weight is 241 g/mol. The Morgan fingerprint density at radius 2 is 2.06 bits per heavy atom. The van der Waals surface area contributed by atoms with Gasteiger partial charge in [-0.25, -0.2) is 9.18 Å². The molecule has 5 heteroatoms. The van der Waals surface area contributed by atoms with Crippen molar-refractivity contribution >= 4 is 17.6 Å². The van der Waals surface area contributed by atoms with Crippen LogP contribution in [0.1, 0.15) is 10.6 Å². The van der Waals surface area contributed by atoms with Gasteiger partial charge in [0.15, 0.2) is 0 Å². The molecular formula is C11H6ClFO3. The van der Waals surface area contributed by atoms with Crippen LogP contribution in [0.4, 0.5) is 4.39 Å². The van der Waals surface area contributed by atoms with Crippen LogP contribution in [0.15, 0.2) is 34.7 Å². The molecule has 0 atom stereocenters. The summed E-state index contributed by atoms with van der Waals surface area (Å²) in [6.07, 6.45) is 0. The van der Waals surface area contributed by atoms with E-state index in [0.717, 1.165) is 0 Å². The van der Waals surface area contributed by atoms with Gasteiger partial charge in [0.2, 0.25) is 5.76 Å². The fraction of sp³-hybridized carbons (Fsp3) is 0. The van der Waals surface area contributed by atoms with Crippen LogP contribution in [0.2, 0.25) is 5.02 Å². The molecule has 0 aliphatic carbocycles. The van der Waals surface area contributed by atoms with Gasteiger partial charge in [-0.2, -0.15) is 0 Å². The number of rotatable bonds is 2. The van der Waals surface area contributed by atoms with Crippen molar-refractivity contribution in [2.45, 2.75) is 0 Å². The van der Waals surface area contributed by atoms with Gasteiger partial charge in [0.25, 0.3) is 0 Å². The molecule has 1 heterocycles. The van der Waals surface area contributed by atoms with Crippen LogP contribution in [-0.2, 0) is 0 Å². The van der Waals surface area contributed by atoms with Gasteiger partial charge < -0.3 is 9.52 Å². The van der Waals surface area contributed by atoms with Crippen molar-refractivity contribution < 1.29 is 18.7 Å². The van der Waals surface area contributed by atoms with Crippen molar-refractivity contribution in [2.24, 2.45) is 0 Å². The molecule has 0 aliphatic rings. The lowest BCUT2D eigenvalue weighted by molar-refractivity contribution is 0.0663. The summed E-state index contributed by atoms with van der Waals surface area (Å²) in [7, 11) is 0. The first-order chi connectivity index (χ1) is 7.58. The summed E-state index contributed by atoms with van der Waals surface area (Å²) in [6, 6.07) is 6.62. The van der Waals surface area contributed by atoms with Crippen LogP contribution in [0, 0.1) is 5.82 Å². The largest absolute Gasteiger partial charge is 0.475 e. The molecule has 0 aliphatic heterocycles. The Kier molecular flexibility index (Phi) is 2.66. The van der Waals surface area contributed by atoms with Crippen LogP contribution in [0.3, 0.4) is 0 Å². The normalized spacial score (nSPS) is 10.4.